The van der Waals surface area contributed by atoms with E-state index in [0.29, 0.717) is 24.7 Å². The molecular weight excluding hydrogens is 268 g/mol. The lowest BCUT2D eigenvalue weighted by Gasteiger charge is -2.25. The molecule has 1 aliphatic heterocycles. The van der Waals surface area contributed by atoms with Crippen LogP contribution in [0.25, 0.3) is 0 Å². The van der Waals surface area contributed by atoms with Gasteiger partial charge in [0.2, 0.25) is 0 Å². The average Bonchev–Trinajstić information content (AvgIpc) is 2.49. The predicted molar refractivity (Wildman–Crippen MR) is 82.2 cm³/mol. The third-order valence-corrected chi connectivity index (χ3v) is 2.72. The summed E-state index contributed by atoms with van der Waals surface area (Å²) in [5.74, 6) is -0.0130. The van der Waals surface area contributed by atoms with E-state index in [0.717, 1.165) is 5.69 Å². The van der Waals surface area contributed by atoms with Gasteiger partial charge in [0.25, 0.3) is 0 Å². The van der Waals surface area contributed by atoms with Crippen molar-refractivity contribution in [3.8, 4) is 0 Å². The van der Waals surface area contributed by atoms with Crippen molar-refractivity contribution in [2.45, 2.75) is 6.92 Å². The van der Waals surface area contributed by atoms with Crippen molar-refractivity contribution < 1.29 is 9.53 Å². The third kappa shape index (κ3) is 4.38. The van der Waals surface area contributed by atoms with Gasteiger partial charge in [0.05, 0.1) is 12.3 Å². The van der Waals surface area contributed by atoms with Crippen molar-refractivity contribution in [3.05, 3.63) is 54.3 Å². The van der Waals surface area contributed by atoms with Gasteiger partial charge in [0, 0.05) is 17.8 Å². The van der Waals surface area contributed by atoms with Crippen molar-refractivity contribution >= 4 is 17.5 Å². The minimum atomic E-state index is -0.403. The van der Waals surface area contributed by atoms with E-state index < -0.39 is 5.97 Å². The maximum absolute atomic E-state index is 11.3. The van der Waals surface area contributed by atoms with Crippen LogP contribution < -0.4 is 11.2 Å². The summed E-state index contributed by atoms with van der Waals surface area (Å²) in [6.45, 7) is 2.50. The topological polar surface area (TPSA) is 80.0 Å². The van der Waals surface area contributed by atoms with Gasteiger partial charge >= 0.3 is 5.97 Å². The highest BCUT2D eigenvalue weighted by Gasteiger charge is 2.10. The fourth-order valence-electron chi connectivity index (χ4n) is 1.74. The van der Waals surface area contributed by atoms with Crippen LogP contribution in [0.5, 0.6) is 0 Å². The molecule has 0 spiro atoms. The van der Waals surface area contributed by atoms with E-state index in [9.17, 15) is 4.79 Å². The number of anilines is 1. The largest absolute Gasteiger partial charge is 0.463 e. The number of hydrogen-bond acceptors (Lipinski definition) is 6. The Morgan fingerprint density at radius 2 is 2.24 bits per heavy atom. The first-order valence-electron chi connectivity index (χ1n) is 6.64. The number of nitrogens with zero attached hydrogens (tertiary/aromatic N) is 2. The van der Waals surface area contributed by atoms with Gasteiger partial charge in [0.1, 0.15) is 12.5 Å². The highest BCUT2D eigenvalue weighted by atomic mass is 16.5. The smallest absolute Gasteiger partial charge is 0.330 e. The number of amidine groups is 1. The molecule has 0 bridgehead atoms. The molecule has 21 heavy (non-hydrogen) atoms. The van der Waals surface area contributed by atoms with Crippen molar-refractivity contribution in [1.82, 2.24) is 5.01 Å². The van der Waals surface area contributed by atoms with E-state index in [-0.39, 0.29) is 0 Å². The lowest BCUT2D eigenvalue weighted by atomic mass is 10.2. The Labute approximate surface area is 123 Å². The second-order valence-electron chi connectivity index (χ2n) is 4.30. The van der Waals surface area contributed by atoms with E-state index in [1.165, 1.54) is 6.08 Å². The summed E-state index contributed by atoms with van der Waals surface area (Å²) < 4.78 is 4.83. The zero-order chi connectivity index (χ0) is 15.1. The average molecular weight is 286 g/mol. The van der Waals surface area contributed by atoms with Gasteiger partial charge in [-0.25, -0.2) is 9.79 Å². The molecule has 1 aromatic carbocycles. The summed E-state index contributed by atoms with van der Waals surface area (Å²) in [6, 6.07) is 9.72. The summed E-state index contributed by atoms with van der Waals surface area (Å²) in [5.41, 5.74) is 10.6. The van der Waals surface area contributed by atoms with E-state index in [4.69, 9.17) is 10.5 Å². The Balaban J connectivity index is 2.04. The number of esters is 1. The molecule has 1 aliphatic rings. The van der Waals surface area contributed by atoms with Crippen LogP contribution in [0.3, 0.4) is 0 Å². The Kier molecular flexibility index (Phi) is 4.98. The Hall–Kier alpha value is -2.76. The van der Waals surface area contributed by atoms with Crippen LogP contribution in [0.15, 0.2) is 59.2 Å². The number of nitrogens with two attached hydrogens (primary N) is 1. The molecule has 1 heterocycles. The fourth-order valence-corrected chi connectivity index (χ4v) is 1.74. The zero-order valence-electron chi connectivity index (χ0n) is 11.8. The molecule has 0 atom stereocenters. The molecule has 0 aromatic heterocycles. The molecule has 110 valence electrons. The maximum Gasteiger partial charge on any atom is 0.330 e. The van der Waals surface area contributed by atoms with Gasteiger partial charge in [-0.1, -0.05) is 18.2 Å². The molecule has 0 saturated heterocycles. The van der Waals surface area contributed by atoms with Gasteiger partial charge in [-0.05, 0) is 25.1 Å². The number of carbonyl (C=O) groups is 1. The number of aliphatic imine (C=N–C) groups is 1. The summed E-state index contributed by atoms with van der Waals surface area (Å²) in [6.07, 6.45) is 4.73. The van der Waals surface area contributed by atoms with Crippen LogP contribution in [0.2, 0.25) is 0 Å². The Bertz CT molecular complexity index is 579. The summed E-state index contributed by atoms with van der Waals surface area (Å²) in [4.78, 5) is 15.5. The molecule has 0 unspecified atom stereocenters. The predicted octanol–water partition coefficient (Wildman–Crippen LogP) is 1.65. The first-order chi connectivity index (χ1) is 10.2. The second-order valence-corrected chi connectivity index (χ2v) is 4.30. The summed E-state index contributed by atoms with van der Waals surface area (Å²) >= 11 is 0. The first-order valence-corrected chi connectivity index (χ1v) is 6.64. The van der Waals surface area contributed by atoms with E-state index >= 15 is 0 Å². The number of benzene rings is 1. The molecular formula is C15H18N4O2. The van der Waals surface area contributed by atoms with E-state index in [2.05, 4.69) is 10.4 Å². The summed E-state index contributed by atoms with van der Waals surface area (Å²) in [7, 11) is 0. The highest BCUT2D eigenvalue weighted by molar-refractivity contribution is 6.01. The van der Waals surface area contributed by atoms with Gasteiger partial charge in [-0.3, -0.25) is 10.4 Å². The number of nitrogens with one attached hydrogen (secondary N) is 1. The number of hydrogen-bond donors (Lipinski definition) is 2. The van der Waals surface area contributed by atoms with E-state index in [1.807, 2.05) is 30.3 Å². The fraction of sp³-hybridized carbons (Fsp3) is 0.200. The number of ether oxygens (including phenoxy) is 1. The van der Waals surface area contributed by atoms with Crippen LogP contribution in [0.4, 0.5) is 5.69 Å². The molecule has 1 aromatic rings. The monoisotopic (exact) mass is 286 g/mol. The lowest BCUT2D eigenvalue weighted by Crippen LogP contribution is -2.32. The van der Waals surface area contributed by atoms with Gasteiger partial charge < -0.3 is 10.5 Å². The minimum Gasteiger partial charge on any atom is -0.463 e. The molecule has 0 radical (unpaired) electrons. The summed E-state index contributed by atoms with van der Waals surface area (Å²) in [5, 5.41) is 1.79. The van der Waals surface area contributed by atoms with Gasteiger partial charge in [-0.15, -0.1) is 0 Å². The van der Waals surface area contributed by atoms with Crippen molar-refractivity contribution in [3.63, 3.8) is 0 Å². The normalized spacial score (nSPS) is 14.6. The van der Waals surface area contributed by atoms with Crippen LogP contribution >= 0.6 is 0 Å². The molecule has 0 aliphatic carbocycles. The Morgan fingerprint density at radius 1 is 1.48 bits per heavy atom. The number of hydrazine groups is 1. The molecule has 0 saturated carbocycles. The van der Waals surface area contributed by atoms with Crippen LogP contribution in [-0.4, -0.2) is 30.1 Å². The lowest BCUT2D eigenvalue weighted by molar-refractivity contribution is -0.137. The minimum absolute atomic E-state index is 0.341. The standard InChI is InChI=1S/C15H18N4O2/c1-2-21-14(20)9-8-12-10-19(11-17-15(12)16)18-13-6-4-3-5-7-13/h3-10,18H,2,11H2,1H3,(H2,16,17). The quantitative estimate of drug-likeness (QED) is 0.635. The molecule has 3 N–H and O–H groups in total. The van der Waals surface area contributed by atoms with Crippen LogP contribution in [0.1, 0.15) is 6.92 Å². The highest BCUT2D eigenvalue weighted by Crippen LogP contribution is 2.12. The number of para-hydroxylation sites is 1. The maximum atomic E-state index is 11.3. The first kappa shape index (κ1) is 14.6. The van der Waals surface area contributed by atoms with Crippen LogP contribution in [0, 0.1) is 0 Å². The second kappa shape index (κ2) is 7.14. The van der Waals surface area contributed by atoms with Gasteiger partial charge in [0.15, 0.2) is 0 Å². The third-order valence-electron chi connectivity index (χ3n) is 2.72. The number of carbonyl (C=O) groups excluding carboxylic acids is 1. The van der Waals surface area contributed by atoms with Crippen molar-refractivity contribution in [2.75, 3.05) is 18.7 Å². The molecule has 2 rings (SSSR count). The van der Waals surface area contributed by atoms with Crippen LogP contribution in [-0.2, 0) is 9.53 Å². The molecule has 6 nitrogen and oxygen atoms in total. The van der Waals surface area contributed by atoms with Gasteiger partial charge in [-0.2, -0.15) is 0 Å². The van der Waals surface area contributed by atoms with E-state index in [1.54, 1.807) is 24.2 Å². The van der Waals surface area contributed by atoms with Crippen molar-refractivity contribution in [1.29, 1.82) is 0 Å². The number of rotatable bonds is 5. The zero-order valence-corrected chi connectivity index (χ0v) is 11.8. The molecule has 0 fully saturated rings. The molecule has 6 heteroatoms. The van der Waals surface area contributed by atoms with Crippen molar-refractivity contribution in [2.24, 2.45) is 10.7 Å². The molecule has 0 amide bonds. The SMILES string of the molecule is CCOC(=O)C=CC1=CN(Nc2ccccc2)CN=C1N. The Morgan fingerprint density at radius 3 is 2.95 bits per heavy atom.